The summed E-state index contributed by atoms with van der Waals surface area (Å²) in [6.45, 7) is 0. The number of benzene rings is 8. The fraction of sp³-hybridized carbons (Fsp3) is 0. The molecule has 0 saturated heterocycles. The predicted octanol–water partition coefficient (Wildman–Crippen LogP) is 13.5. The minimum absolute atomic E-state index is 0.871. The third-order valence-electron chi connectivity index (χ3n) is 10.0. The molecule has 3 nitrogen and oxygen atoms in total. The molecule has 8 aromatic carbocycles. The molecule has 0 atom stereocenters. The molecule has 0 unspecified atom stereocenters. The number of furan rings is 1. The van der Waals surface area contributed by atoms with Gasteiger partial charge in [-0.3, -0.25) is 0 Å². The number of hydrogen-bond donors (Lipinski definition) is 0. The number of anilines is 3. The van der Waals surface area contributed by atoms with E-state index >= 15 is 0 Å². The molecule has 51 heavy (non-hydrogen) atoms. The van der Waals surface area contributed by atoms with Crippen LogP contribution in [0.1, 0.15) is 0 Å². The van der Waals surface area contributed by atoms with E-state index < -0.39 is 0 Å². The summed E-state index contributed by atoms with van der Waals surface area (Å²) in [6, 6.07) is 69.1. The number of nitrogens with zero attached hydrogens (tertiary/aromatic N) is 2. The predicted molar refractivity (Wildman–Crippen MR) is 214 cm³/mol. The molecule has 0 bridgehead atoms. The van der Waals surface area contributed by atoms with Gasteiger partial charge in [-0.15, -0.1) is 0 Å². The van der Waals surface area contributed by atoms with Gasteiger partial charge in [-0.2, -0.15) is 0 Å². The summed E-state index contributed by atoms with van der Waals surface area (Å²) in [5.74, 6) is 0. The van der Waals surface area contributed by atoms with E-state index in [9.17, 15) is 0 Å². The molecule has 0 aliphatic carbocycles. The molecule has 2 heterocycles. The van der Waals surface area contributed by atoms with Crippen molar-refractivity contribution in [3.05, 3.63) is 194 Å². The van der Waals surface area contributed by atoms with Crippen molar-refractivity contribution in [2.75, 3.05) is 4.90 Å². The van der Waals surface area contributed by atoms with Crippen LogP contribution in [-0.4, -0.2) is 4.57 Å². The van der Waals surface area contributed by atoms with Crippen molar-refractivity contribution in [3.8, 4) is 27.9 Å². The minimum Gasteiger partial charge on any atom is -0.456 e. The average molecular weight is 653 g/mol. The molecule has 240 valence electrons. The Balaban J connectivity index is 1.09. The van der Waals surface area contributed by atoms with E-state index in [0.29, 0.717) is 0 Å². The first-order valence-corrected chi connectivity index (χ1v) is 17.4. The van der Waals surface area contributed by atoms with Crippen LogP contribution in [0.5, 0.6) is 0 Å². The molecule has 0 spiro atoms. The van der Waals surface area contributed by atoms with Crippen LogP contribution >= 0.6 is 0 Å². The van der Waals surface area contributed by atoms with Gasteiger partial charge in [0.05, 0.1) is 22.1 Å². The monoisotopic (exact) mass is 652 g/mol. The highest BCUT2D eigenvalue weighted by atomic mass is 16.3. The van der Waals surface area contributed by atoms with Gasteiger partial charge in [0, 0.05) is 33.2 Å². The largest absolute Gasteiger partial charge is 0.456 e. The highest BCUT2D eigenvalue weighted by Crippen LogP contribution is 2.43. The number of hydrogen-bond acceptors (Lipinski definition) is 2. The standard InChI is InChI=1S/C48H32N2O/c1-2-11-33(12-3-1)34-21-23-35(24-22-34)36-25-27-37(28-26-36)49(45-18-10-20-47-48(45)42-15-6-9-19-46(42)51-47)38-29-31-39(32-30-38)50-43-16-7-4-13-40(43)41-14-5-8-17-44(41)50/h1-32H. The molecular formula is C48H32N2O. The SMILES string of the molecule is c1ccc(-c2ccc(-c3ccc(N(c4ccc(-n5c6ccccc6c6ccccc65)cc4)c4cccc5oc6ccccc6c45)cc3)cc2)cc1. The van der Waals surface area contributed by atoms with Crippen molar-refractivity contribution in [3.63, 3.8) is 0 Å². The van der Waals surface area contributed by atoms with Crippen LogP contribution in [0.25, 0.3) is 71.7 Å². The van der Waals surface area contributed by atoms with Crippen LogP contribution in [0.3, 0.4) is 0 Å². The fourth-order valence-corrected chi connectivity index (χ4v) is 7.61. The lowest BCUT2D eigenvalue weighted by molar-refractivity contribution is 0.669. The maximum Gasteiger partial charge on any atom is 0.137 e. The summed E-state index contributed by atoms with van der Waals surface area (Å²) in [5.41, 5.74) is 13.3. The van der Waals surface area contributed by atoms with Crippen LogP contribution in [0.15, 0.2) is 199 Å². The third-order valence-corrected chi connectivity index (χ3v) is 10.0. The first kappa shape index (κ1) is 29.1. The topological polar surface area (TPSA) is 21.3 Å². The van der Waals surface area contributed by atoms with E-state index in [1.54, 1.807) is 0 Å². The Labute approximate surface area is 295 Å². The average Bonchev–Trinajstić information content (AvgIpc) is 3.76. The van der Waals surface area contributed by atoms with Crippen molar-refractivity contribution in [2.45, 2.75) is 0 Å². The van der Waals surface area contributed by atoms with Crippen molar-refractivity contribution in [1.29, 1.82) is 0 Å². The van der Waals surface area contributed by atoms with Crippen LogP contribution in [0, 0.1) is 0 Å². The summed E-state index contributed by atoms with van der Waals surface area (Å²) in [4.78, 5) is 2.35. The normalized spacial score (nSPS) is 11.5. The lowest BCUT2D eigenvalue weighted by Gasteiger charge is -2.27. The smallest absolute Gasteiger partial charge is 0.137 e. The second-order valence-corrected chi connectivity index (χ2v) is 13.0. The molecule has 0 radical (unpaired) electrons. The van der Waals surface area contributed by atoms with Gasteiger partial charge >= 0.3 is 0 Å². The molecule has 0 N–H and O–H groups in total. The molecule has 0 aliphatic rings. The highest BCUT2D eigenvalue weighted by molar-refractivity contribution is 6.13. The van der Waals surface area contributed by atoms with Crippen LogP contribution < -0.4 is 4.90 Å². The van der Waals surface area contributed by atoms with Crippen LogP contribution in [-0.2, 0) is 0 Å². The number of aromatic nitrogens is 1. The third kappa shape index (κ3) is 4.90. The molecule has 10 aromatic rings. The van der Waals surface area contributed by atoms with E-state index in [2.05, 4.69) is 191 Å². The maximum atomic E-state index is 6.35. The Bertz CT molecular complexity index is 2770. The molecule has 10 rings (SSSR count). The zero-order chi connectivity index (χ0) is 33.7. The van der Waals surface area contributed by atoms with E-state index in [1.807, 2.05) is 12.1 Å². The molecule has 0 saturated carbocycles. The van der Waals surface area contributed by atoms with Gasteiger partial charge in [-0.05, 0) is 89.0 Å². The fourth-order valence-electron chi connectivity index (χ4n) is 7.61. The first-order chi connectivity index (χ1) is 25.3. The van der Waals surface area contributed by atoms with E-state index in [1.165, 1.54) is 44.1 Å². The number of rotatable bonds is 6. The molecule has 0 fully saturated rings. The van der Waals surface area contributed by atoms with Gasteiger partial charge in [0.25, 0.3) is 0 Å². The van der Waals surface area contributed by atoms with Crippen molar-refractivity contribution >= 4 is 60.8 Å². The van der Waals surface area contributed by atoms with Crippen molar-refractivity contribution in [2.24, 2.45) is 0 Å². The Kier molecular flexibility index (Phi) is 6.81. The summed E-state index contributed by atoms with van der Waals surface area (Å²) in [5, 5.41) is 4.71. The van der Waals surface area contributed by atoms with Gasteiger partial charge in [-0.25, -0.2) is 0 Å². The first-order valence-electron chi connectivity index (χ1n) is 17.4. The number of fused-ring (bicyclic) bond motifs is 6. The van der Waals surface area contributed by atoms with Gasteiger partial charge in [0.2, 0.25) is 0 Å². The van der Waals surface area contributed by atoms with E-state index in [0.717, 1.165) is 44.7 Å². The Morgan fingerprint density at radius 3 is 1.45 bits per heavy atom. The molecule has 0 aliphatic heterocycles. The summed E-state index contributed by atoms with van der Waals surface area (Å²) in [7, 11) is 0. The Hall–Kier alpha value is -6.84. The van der Waals surface area contributed by atoms with E-state index in [4.69, 9.17) is 4.42 Å². The second-order valence-electron chi connectivity index (χ2n) is 13.0. The van der Waals surface area contributed by atoms with E-state index in [-0.39, 0.29) is 0 Å². The lowest BCUT2D eigenvalue weighted by Crippen LogP contribution is -2.10. The van der Waals surface area contributed by atoms with Crippen molar-refractivity contribution < 1.29 is 4.42 Å². The zero-order valence-electron chi connectivity index (χ0n) is 27.8. The lowest BCUT2D eigenvalue weighted by atomic mass is 10.00. The quantitative estimate of drug-likeness (QED) is 0.178. The summed E-state index contributed by atoms with van der Waals surface area (Å²) in [6.07, 6.45) is 0. The van der Waals surface area contributed by atoms with Gasteiger partial charge < -0.3 is 13.9 Å². The van der Waals surface area contributed by atoms with Crippen molar-refractivity contribution in [1.82, 2.24) is 4.57 Å². The Morgan fingerprint density at radius 2 is 0.824 bits per heavy atom. The van der Waals surface area contributed by atoms with Gasteiger partial charge in [0.15, 0.2) is 0 Å². The molecule has 2 aromatic heterocycles. The van der Waals surface area contributed by atoms with Gasteiger partial charge in [0.1, 0.15) is 11.2 Å². The highest BCUT2D eigenvalue weighted by Gasteiger charge is 2.20. The molecular weight excluding hydrogens is 621 g/mol. The van der Waals surface area contributed by atoms with Crippen LogP contribution in [0.2, 0.25) is 0 Å². The van der Waals surface area contributed by atoms with Gasteiger partial charge in [-0.1, -0.05) is 127 Å². The molecule has 0 amide bonds. The number of para-hydroxylation sites is 3. The van der Waals surface area contributed by atoms with Crippen LogP contribution in [0.4, 0.5) is 17.1 Å². The second kappa shape index (κ2) is 11.9. The summed E-state index contributed by atoms with van der Waals surface area (Å²) < 4.78 is 8.72. The summed E-state index contributed by atoms with van der Waals surface area (Å²) >= 11 is 0. The molecule has 3 heteroatoms. The zero-order valence-corrected chi connectivity index (χ0v) is 27.8. The minimum atomic E-state index is 0.871. The maximum absolute atomic E-state index is 6.35. The Morgan fingerprint density at radius 1 is 0.353 bits per heavy atom.